The number of hydrogen-bond acceptors (Lipinski definition) is 5. The fourth-order valence-electron chi connectivity index (χ4n) is 3.10. The Morgan fingerprint density at radius 3 is 2.29 bits per heavy atom. The van der Waals surface area contributed by atoms with Crippen molar-refractivity contribution in [2.45, 2.75) is 38.8 Å². The number of nitrogens with zero attached hydrogens (tertiary/aromatic N) is 2. The molecule has 1 atom stereocenters. The normalized spacial score (nSPS) is 21.1. The van der Waals surface area contributed by atoms with E-state index in [9.17, 15) is 4.79 Å². The summed E-state index contributed by atoms with van der Waals surface area (Å²) >= 11 is 0. The van der Waals surface area contributed by atoms with Crippen LogP contribution < -0.4 is 5.73 Å². The Labute approximate surface area is 158 Å². The minimum Gasteiger partial charge on any atom is -0.381 e. The maximum absolute atomic E-state index is 12.5. The van der Waals surface area contributed by atoms with Crippen molar-refractivity contribution in [1.29, 1.82) is 0 Å². The van der Waals surface area contributed by atoms with Gasteiger partial charge in [-0.15, -0.1) is 24.8 Å². The molecule has 6 nitrogen and oxygen atoms in total. The monoisotopic (exact) mass is 385 g/mol. The molecule has 0 aromatic rings. The largest absolute Gasteiger partial charge is 0.381 e. The van der Waals surface area contributed by atoms with Gasteiger partial charge in [-0.05, 0) is 32.6 Å². The van der Waals surface area contributed by atoms with E-state index in [4.69, 9.17) is 15.2 Å². The van der Waals surface area contributed by atoms with Gasteiger partial charge in [0.15, 0.2) is 0 Å². The van der Waals surface area contributed by atoms with E-state index in [0.717, 1.165) is 65.4 Å². The third kappa shape index (κ3) is 7.42. The van der Waals surface area contributed by atoms with Crippen LogP contribution in [0, 0.1) is 5.92 Å². The maximum atomic E-state index is 12.5. The highest BCUT2D eigenvalue weighted by Gasteiger charge is 2.31. The van der Waals surface area contributed by atoms with E-state index in [2.05, 4.69) is 4.90 Å². The summed E-state index contributed by atoms with van der Waals surface area (Å²) in [6.07, 6.45) is 2.08. The van der Waals surface area contributed by atoms with Gasteiger partial charge in [-0.25, -0.2) is 0 Å². The van der Waals surface area contributed by atoms with E-state index < -0.39 is 0 Å². The lowest BCUT2D eigenvalue weighted by atomic mass is 9.91. The van der Waals surface area contributed by atoms with E-state index in [-0.39, 0.29) is 48.8 Å². The van der Waals surface area contributed by atoms with Crippen LogP contribution in [0.4, 0.5) is 0 Å². The van der Waals surface area contributed by atoms with E-state index in [1.165, 1.54) is 0 Å². The Hall–Kier alpha value is -0.110. The lowest BCUT2D eigenvalue weighted by molar-refractivity contribution is -0.136. The molecule has 0 aliphatic carbocycles. The predicted octanol–water partition coefficient (Wildman–Crippen LogP) is 1.15. The highest BCUT2D eigenvalue weighted by atomic mass is 35.5. The summed E-state index contributed by atoms with van der Waals surface area (Å²) in [5, 5.41) is 0. The summed E-state index contributed by atoms with van der Waals surface area (Å²) in [5.74, 6) is 0.392. The van der Waals surface area contributed by atoms with Crippen molar-refractivity contribution in [2.24, 2.45) is 11.7 Å². The molecule has 0 radical (unpaired) electrons. The lowest BCUT2D eigenvalue weighted by Gasteiger charge is -2.37. The van der Waals surface area contributed by atoms with Crippen molar-refractivity contribution < 1.29 is 14.3 Å². The number of nitrogens with two attached hydrogens (primary N) is 1. The molecule has 2 saturated heterocycles. The molecule has 1 unspecified atom stereocenters. The van der Waals surface area contributed by atoms with Crippen LogP contribution >= 0.6 is 24.8 Å². The van der Waals surface area contributed by atoms with Crippen LogP contribution in [0.3, 0.4) is 0 Å². The van der Waals surface area contributed by atoms with Gasteiger partial charge in [0.2, 0.25) is 5.91 Å². The first kappa shape index (κ1) is 23.9. The molecule has 2 N–H and O–H groups in total. The van der Waals surface area contributed by atoms with Crippen LogP contribution in [-0.2, 0) is 14.3 Å². The summed E-state index contributed by atoms with van der Waals surface area (Å²) in [4.78, 5) is 16.8. The molecule has 24 heavy (non-hydrogen) atoms. The Bertz CT molecular complexity index is 347. The summed E-state index contributed by atoms with van der Waals surface area (Å²) in [6, 6.07) is -0.361. The summed E-state index contributed by atoms with van der Waals surface area (Å²) in [5.41, 5.74) is 6.19. The second-order valence-corrected chi connectivity index (χ2v) is 6.56. The molecular formula is C16H33Cl2N3O3. The fraction of sp³-hybridized carbons (Fsp3) is 0.938. The zero-order valence-corrected chi connectivity index (χ0v) is 16.4. The average Bonchev–Trinajstić information content (AvgIpc) is 2.54. The molecule has 8 heteroatoms. The molecule has 2 rings (SSSR count). The summed E-state index contributed by atoms with van der Waals surface area (Å²) < 4.78 is 10.9. The van der Waals surface area contributed by atoms with Gasteiger partial charge in [0.1, 0.15) is 0 Å². The van der Waals surface area contributed by atoms with Crippen molar-refractivity contribution in [3.8, 4) is 0 Å². The van der Waals surface area contributed by atoms with Gasteiger partial charge in [0.05, 0.1) is 18.8 Å². The molecular weight excluding hydrogens is 353 g/mol. The molecule has 0 spiro atoms. The zero-order chi connectivity index (χ0) is 15.9. The number of piperazine rings is 1. The molecule has 2 aliphatic rings. The first-order valence-electron chi connectivity index (χ1n) is 8.54. The molecule has 0 bridgehead atoms. The number of halogens is 2. The Kier molecular flexibility index (Phi) is 12.2. The highest BCUT2D eigenvalue weighted by molar-refractivity contribution is 5.85. The SMILES string of the molecule is CC(C)OCCN1CCN(C(=O)C(N)C2CCOCC2)CC1.Cl.Cl. The highest BCUT2D eigenvalue weighted by Crippen LogP contribution is 2.19. The Balaban J connectivity index is 0.00000264. The van der Waals surface area contributed by atoms with Crippen LogP contribution in [0.5, 0.6) is 0 Å². The Morgan fingerprint density at radius 2 is 1.75 bits per heavy atom. The van der Waals surface area contributed by atoms with E-state index >= 15 is 0 Å². The molecule has 1 amide bonds. The van der Waals surface area contributed by atoms with Crippen LogP contribution in [-0.4, -0.2) is 80.4 Å². The van der Waals surface area contributed by atoms with Crippen LogP contribution in [0.25, 0.3) is 0 Å². The molecule has 0 saturated carbocycles. The van der Waals surface area contributed by atoms with Gasteiger partial charge in [0, 0.05) is 45.9 Å². The van der Waals surface area contributed by atoms with Crippen LogP contribution in [0.2, 0.25) is 0 Å². The first-order chi connectivity index (χ1) is 10.6. The van der Waals surface area contributed by atoms with Gasteiger partial charge in [-0.3, -0.25) is 9.69 Å². The van der Waals surface area contributed by atoms with Crippen LogP contribution in [0.1, 0.15) is 26.7 Å². The zero-order valence-electron chi connectivity index (χ0n) is 14.8. The molecule has 144 valence electrons. The maximum Gasteiger partial charge on any atom is 0.239 e. The van der Waals surface area contributed by atoms with E-state index in [1.54, 1.807) is 0 Å². The fourth-order valence-corrected chi connectivity index (χ4v) is 3.10. The van der Waals surface area contributed by atoms with E-state index in [0.29, 0.717) is 0 Å². The number of carbonyl (C=O) groups excluding carboxylic acids is 1. The topological polar surface area (TPSA) is 68.0 Å². The van der Waals surface area contributed by atoms with Crippen molar-refractivity contribution in [3.05, 3.63) is 0 Å². The first-order valence-corrected chi connectivity index (χ1v) is 8.54. The quantitative estimate of drug-likeness (QED) is 0.742. The predicted molar refractivity (Wildman–Crippen MR) is 100 cm³/mol. The number of amides is 1. The van der Waals surface area contributed by atoms with Gasteiger partial charge < -0.3 is 20.1 Å². The summed E-state index contributed by atoms with van der Waals surface area (Å²) in [7, 11) is 0. The van der Waals surface area contributed by atoms with Crippen molar-refractivity contribution in [2.75, 3.05) is 52.5 Å². The summed E-state index contributed by atoms with van der Waals surface area (Å²) in [6.45, 7) is 10.6. The number of rotatable bonds is 6. The molecule has 2 heterocycles. The van der Waals surface area contributed by atoms with Gasteiger partial charge in [-0.1, -0.05) is 0 Å². The lowest BCUT2D eigenvalue weighted by Crippen LogP contribution is -2.55. The van der Waals surface area contributed by atoms with Crippen molar-refractivity contribution in [1.82, 2.24) is 9.80 Å². The molecule has 0 aromatic heterocycles. The van der Waals surface area contributed by atoms with Gasteiger partial charge >= 0.3 is 0 Å². The minimum atomic E-state index is -0.361. The number of ether oxygens (including phenoxy) is 2. The number of hydrogen-bond donors (Lipinski definition) is 1. The third-order valence-electron chi connectivity index (χ3n) is 4.60. The average molecular weight is 386 g/mol. The molecule has 0 aromatic carbocycles. The van der Waals surface area contributed by atoms with Crippen molar-refractivity contribution >= 4 is 30.7 Å². The van der Waals surface area contributed by atoms with E-state index in [1.807, 2.05) is 18.7 Å². The number of carbonyl (C=O) groups is 1. The van der Waals surface area contributed by atoms with Crippen molar-refractivity contribution in [3.63, 3.8) is 0 Å². The standard InChI is InChI=1S/C16H31N3O3.2ClH/c1-13(2)22-12-9-18-5-7-19(8-6-18)16(20)15(17)14-3-10-21-11-4-14;;/h13-15H,3-12,17H2,1-2H3;2*1H. The Morgan fingerprint density at radius 1 is 1.17 bits per heavy atom. The van der Waals surface area contributed by atoms with Gasteiger partial charge in [0.25, 0.3) is 0 Å². The smallest absolute Gasteiger partial charge is 0.239 e. The minimum absolute atomic E-state index is 0. The van der Waals surface area contributed by atoms with Gasteiger partial charge in [-0.2, -0.15) is 0 Å². The van der Waals surface area contributed by atoms with Crippen LogP contribution in [0.15, 0.2) is 0 Å². The second-order valence-electron chi connectivity index (χ2n) is 6.56. The molecule has 2 aliphatic heterocycles. The second kappa shape index (κ2) is 12.3. The molecule has 2 fully saturated rings. The third-order valence-corrected chi connectivity index (χ3v) is 4.60.